The summed E-state index contributed by atoms with van der Waals surface area (Å²) in [6, 6.07) is 8.09. The van der Waals surface area contributed by atoms with E-state index in [-0.39, 0.29) is 17.3 Å². The molecule has 29 heavy (non-hydrogen) atoms. The van der Waals surface area contributed by atoms with Gasteiger partial charge in [-0.05, 0) is 36.3 Å². The number of carbonyl (C=O) groups excluding carboxylic acids is 1. The molecule has 2 atom stereocenters. The van der Waals surface area contributed by atoms with Gasteiger partial charge in [0.2, 0.25) is 5.78 Å². The lowest BCUT2D eigenvalue weighted by molar-refractivity contribution is -0.925. The third kappa shape index (κ3) is 4.16. The average Bonchev–Trinajstić information content (AvgIpc) is 2.95. The highest BCUT2D eigenvalue weighted by Gasteiger charge is 2.32. The van der Waals surface area contributed by atoms with Crippen molar-refractivity contribution in [2.45, 2.75) is 26.8 Å². The molecule has 0 aromatic heterocycles. The van der Waals surface area contributed by atoms with E-state index in [1.165, 1.54) is 17.4 Å². The van der Waals surface area contributed by atoms with E-state index in [0.717, 1.165) is 13.1 Å². The van der Waals surface area contributed by atoms with E-state index in [9.17, 15) is 9.90 Å². The van der Waals surface area contributed by atoms with Gasteiger partial charge in [-0.2, -0.15) is 0 Å². The summed E-state index contributed by atoms with van der Waals surface area (Å²) >= 11 is 12.2. The molecule has 0 aliphatic carbocycles. The minimum atomic E-state index is -0.234. The smallest absolute Gasteiger partial charge is 0.231 e. The molecule has 1 fully saturated rings. The largest absolute Gasteiger partial charge is 0.872 e. The van der Waals surface area contributed by atoms with E-state index in [2.05, 4.69) is 13.8 Å². The van der Waals surface area contributed by atoms with E-state index < -0.39 is 0 Å². The monoisotopic (exact) mass is 431 g/mol. The number of fused-ring (bicyclic) bond motifs is 1. The van der Waals surface area contributed by atoms with Crippen molar-refractivity contribution in [3.05, 3.63) is 62.8 Å². The van der Waals surface area contributed by atoms with Crippen molar-refractivity contribution in [1.82, 2.24) is 0 Å². The Bertz CT molecular complexity index is 992. The van der Waals surface area contributed by atoms with Crippen LogP contribution in [0, 0.1) is 11.8 Å². The molecule has 0 bridgehead atoms. The molecule has 2 aromatic carbocycles. The van der Waals surface area contributed by atoms with Gasteiger partial charge in [-0.1, -0.05) is 54.9 Å². The molecule has 0 radical (unpaired) electrons. The molecule has 0 amide bonds. The Morgan fingerprint density at radius 2 is 1.90 bits per heavy atom. The number of rotatable bonds is 3. The fourth-order valence-electron chi connectivity index (χ4n) is 4.53. The van der Waals surface area contributed by atoms with Crippen molar-refractivity contribution in [3.63, 3.8) is 0 Å². The van der Waals surface area contributed by atoms with Gasteiger partial charge in [0.05, 0.1) is 18.7 Å². The van der Waals surface area contributed by atoms with Gasteiger partial charge in [0.1, 0.15) is 12.3 Å². The number of likely N-dealkylation sites (tertiary alicyclic amines) is 1. The first kappa shape index (κ1) is 20.3. The maximum absolute atomic E-state index is 12.9. The van der Waals surface area contributed by atoms with Gasteiger partial charge in [-0.15, -0.1) is 0 Å². The third-order valence-corrected chi connectivity index (χ3v) is 6.22. The maximum Gasteiger partial charge on any atom is 0.231 e. The Hall–Kier alpha value is -2.01. The SMILES string of the molecule is CC1CC(C)C[NH+](Cc2c([O-])ccc3c2OC(=Cc2ccc(Cl)cc2Cl)C3=O)C1. The molecule has 0 saturated carbocycles. The lowest BCUT2D eigenvalue weighted by Gasteiger charge is -2.33. The first-order valence-corrected chi connectivity index (χ1v) is 10.6. The number of quaternary nitrogens is 1. The highest BCUT2D eigenvalue weighted by atomic mass is 35.5. The van der Waals surface area contributed by atoms with E-state index in [4.69, 9.17) is 27.9 Å². The normalized spacial score (nSPS) is 25.2. The standard InChI is InChI=1S/C23H23Cl2NO3/c1-13-7-14(2)11-26(10-13)12-18-20(27)6-5-17-22(28)21(29-23(17)18)8-15-3-4-16(24)9-19(15)25/h3-6,8-9,13-14,27H,7,10-12H2,1-2H3. The Labute approximate surface area is 180 Å². The zero-order valence-electron chi connectivity index (χ0n) is 16.4. The molecule has 1 saturated heterocycles. The van der Waals surface area contributed by atoms with Crippen LogP contribution in [0.2, 0.25) is 10.0 Å². The second-order valence-corrected chi connectivity index (χ2v) is 9.15. The van der Waals surface area contributed by atoms with Gasteiger partial charge in [-0.3, -0.25) is 4.79 Å². The Balaban J connectivity index is 1.65. The minimum absolute atomic E-state index is 0.0827. The number of ether oxygens (including phenoxy) is 1. The summed E-state index contributed by atoms with van der Waals surface area (Å²) in [6.07, 6.45) is 2.82. The molecule has 2 heterocycles. The number of nitrogens with one attached hydrogen (secondary N) is 1. The van der Waals surface area contributed by atoms with Gasteiger partial charge in [0, 0.05) is 27.4 Å². The third-order valence-electron chi connectivity index (χ3n) is 5.65. The zero-order chi connectivity index (χ0) is 20.7. The fourth-order valence-corrected chi connectivity index (χ4v) is 5.00. The average molecular weight is 432 g/mol. The van der Waals surface area contributed by atoms with Crippen LogP contribution in [-0.4, -0.2) is 18.9 Å². The summed E-state index contributed by atoms with van der Waals surface area (Å²) < 4.78 is 5.92. The van der Waals surface area contributed by atoms with Gasteiger partial charge < -0.3 is 14.7 Å². The van der Waals surface area contributed by atoms with Gasteiger partial charge in [-0.25, -0.2) is 0 Å². The highest BCUT2D eigenvalue weighted by Crippen LogP contribution is 2.39. The van der Waals surface area contributed by atoms with Gasteiger partial charge in [0.25, 0.3) is 0 Å². The second kappa shape index (κ2) is 8.02. The lowest BCUT2D eigenvalue weighted by Crippen LogP contribution is -3.13. The second-order valence-electron chi connectivity index (χ2n) is 8.31. The van der Waals surface area contributed by atoms with Crippen LogP contribution in [0.1, 0.15) is 41.8 Å². The molecular weight excluding hydrogens is 409 g/mol. The fraction of sp³-hybridized carbons (Fsp3) is 0.348. The van der Waals surface area contributed by atoms with Crippen LogP contribution in [-0.2, 0) is 6.54 Å². The van der Waals surface area contributed by atoms with Crippen molar-refractivity contribution >= 4 is 35.1 Å². The van der Waals surface area contributed by atoms with Crippen LogP contribution in [0.15, 0.2) is 36.1 Å². The molecule has 4 rings (SSSR count). The van der Waals surface area contributed by atoms with Crippen molar-refractivity contribution in [2.24, 2.45) is 11.8 Å². The quantitative estimate of drug-likeness (QED) is 0.752. The minimum Gasteiger partial charge on any atom is -0.872 e. The number of allylic oxidation sites excluding steroid dienone is 1. The molecule has 1 N–H and O–H groups in total. The maximum atomic E-state index is 12.9. The van der Waals surface area contributed by atoms with Crippen LogP contribution < -0.4 is 14.7 Å². The predicted molar refractivity (Wildman–Crippen MR) is 113 cm³/mol. The number of ketones is 1. The first-order valence-electron chi connectivity index (χ1n) is 9.87. The Morgan fingerprint density at radius 3 is 2.59 bits per heavy atom. The van der Waals surface area contributed by atoms with Crippen molar-refractivity contribution in [1.29, 1.82) is 0 Å². The molecule has 4 nitrogen and oxygen atoms in total. The number of hydrogen-bond acceptors (Lipinski definition) is 3. The molecule has 152 valence electrons. The van der Waals surface area contributed by atoms with Crippen LogP contribution >= 0.6 is 23.2 Å². The summed E-state index contributed by atoms with van der Waals surface area (Å²) in [5.41, 5.74) is 1.66. The molecule has 0 spiro atoms. The number of hydrogen-bond donors (Lipinski definition) is 1. The number of carbonyl (C=O) groups is 1. The summed E-state index contributed by atoms with van der Waals surface area (Å²) in [4.78, 5) is 14.2. The van der Waals surface area contributed by atoms with Crippen LogP contribution in [0.25, 0.3) is 6.08 Å². The van der Waals surface area contributed by atoms with Gasteiger partial charge >= 0.3 is 0 Å². The van der Waals surface area contributed by atoms with E-state index in [0.29, 0.717) is 50.9 Å². The van der Waals surface area contributed by atoms with Crippen LogP contribution in [0.3, 0.4) is 0 Å². The lowest BCUT2D eigenvalue weighted by atomic mass is 9.91. The first-order chi connectivity index (χ1) is 13.8. The Morgan fingerprint density at radius 1 is 1.17 bits per heavy atom. The summed E-state index contributed by atoms with van der Waals surface area (Å²) in [6.45, 7) is 7.10. The van der Waals surface area contributed by atoms with E-state index in [1.807, 2.05) is 0 Å². The summed E-state index contributed by atoms with van der Waals surface area (Å²) in [7, 11) is 0. The molecular formula is C23H23Cl2NO3. The van der Waals surface area contributed by atoms with Crippen molar-refractivity contribution < 1.29 is 19.5 Å². The van der Waals surface area contributed by atoms with E-state index >= 15 is 0 Å². The summed E-state index contributed by atoms with van der Waals surface area (Å²) in [5.74, 6) is 1.49. The van der Waals surface area contributed by atoms with Crippen molar-refractivity contribution in [2.75, 3.05) is 13.1 Å². The molecule has 6 heteroatoms. The van der Waals surface area contributed by atoms with Crippen LogP contribution in [0.5, 0.6) is 11.5 Å². The number of halogens is 2. The molecule has 2 aliphatic rings. The number of Topliss-reactive ketones (excluding diaryl/α,β-unsaturated/α-hetero) is 1. The van der Waals surface area contributed by atoms with Gasteiger partial charge in [0.15, 0.2) is 5.76 Å². The topological polar surface area (TPSA) is 53.8 Å². The number of benzene rings is 2. The zero-order valence-corrected chi connectivity index (χ0v) is 17.9. The Kier molecular flexibility index (Phi) is 5.60. The summed E-state index contributed by atoms with van der Waals surface area (Å²) in [5, 5.41) is 13.6. The molecule has 2 aliphatic heterocycles. The van der Waals surface area contributed by atoms with E-state index in [1.54, 1.807) is 30.3 Å². The highest BCUT2D eigenvalue weighted by molar-refractivity contribution is 6.35. The molecule has 2 unspecified atom stereocenters. The van der Waals surface area contributed by atoms with Crippen LogP contribution in [0.4, 0.5) is 0 Å². The van der Waals surface area contributed by atoms with Crippen molar-refractivity contribution in [3.8, 4) is 11.5 Å². The molecule has 2 aromatic rings. The predicted octanol–water partition coefficient (Wildman–Crippen LogP) is 3.74. The number of piperidine rings is 1.